The molecule has 2 rings (SSSR count). The van der Waals surface area contributed by atoms with Crippen LogP contribution in [0.3, 0.4) is 0 Å². The molecule has 4 nitrogen and oxygen atoms in total. The summed E-state index contributed by atoms with van der Waals surface area (Å²) in [6, 6.07) is 5.03. The van der Waals surface area contributed by atoms with Gasteiger partial charge in [0.15, 0.2) is 0 Å². The molecule has 82 valence electrons. The van der Waals surface area contributed by atoms with Crippen LogP contribution in [-0.4, -0.2) is 10.9 Å². The van der Waals surface area contributed by atoms with Gasteiger partial charge in [0, 0.05) is 6.20 Å². The first-order valence-corrected chi connectivity index (χ1v) is 5.50. The first-order valence-electron chi connectivity index (χ1n) is 4.33. The summed E-state index contributed by atoms with van der Waals surface area (Å²) in [4.78, 5) is 15.7. The van der Waals surface area contributed by atoms with E-state index in [1.165, 1.54) is 12.3 Å². The van der Waals surface area contributed by atoms with Crippen LogP contribution in [0, 0.1) is 0 Å². The monoisotopic (exact) mass is 300 g/mol. The van der Waals surface area contributed by atoms with Crippen LogP contribution in [0.1, 0.15) is 10.4 Å². The van der Waals surface area contributed by atoms with Crippen molar-refractivity contribution in [1.29, 1.82) is 0 Å². The molecule has 0 bridgehead atoms. The van der Waals surface area contributed by atoms with E-state index >= 15 is 0 Å². The normalized spacial score (nSPS) is 10.1. The third-order valence-corrected chi connectivity index (χ3v) is 2.79. The van der Waals surface area contributed by atoms with Crippen molar-refractivity contribution in [3.05, 3.63) is 45.9 Å². The zero-order chi connectivity index (χ0) is 11.5. The molecule has 16 heavy (non-hydrogen) atoms. The van der Waals surface area contributed by atoms with Crippen molar-refractivity contribution in [2.45, 2.75) is 0 Å². The molecule has 0 atom stereocenters. The largest absolute Gasteiger partial charge is 0.452 e. The van der Waals surface area contributed by atoms with Gasteiger partial charge in [0.2, 0.25) is 5.22 Å². The van der Waals surface area contributed by atoms with Gasteiger partial charge >= 0.3 is 0 Å². The number of rotatable bonds is 2. The number of amides is 1. The summed E-state index contributed by atoms with van der Waals surface area (Å²) in [5, 5.41) is 2.67. The van der Waals surface area contributed by atoms with E-state index in [0.29, 0.717) is 10.3 Å². The maximum absolute atomic E-state index is 11.7. The van der Waals surface area contributed by atoms with E-state index in [9.17, 15) is 4.79 Å². The quantitative estimate of drug-likeness (QED) is 0.925. The van der Waals surface area contributed by atoms with Crippen LogP contribution in [0.4, 0.5) is 5.82 Å². The van der Waals surface area contributed by atoms with Crippen LogP contribution in [0.2, 0.25) is 5.22 Å². The average Bonchev–Trinajstić information content (AvgIpc) is 2.68. The highest BCUT2D eigenvalue weighted by molar-refractivity contribution is 9.10. The molecule has 0 aliphatic heterocycles. The number of hydrogen-bond acceptors (Lipinski definition) is 3. The number of nitrogens with one attached hydrogen (secondary N) is 1. The number of carbonyl (C=O) groups is 1. The summed E-state index contributed by atoms with van der Waals surface area (Å²) in [5.41, 5.74) is 0.277. The predicted molar refractivity (Wildman–Crippen MR) is 63.6 cm³/mol. The minimum atomic E-state index is -0.363. The van der Waals surface area contributed by atoms with Crippen LogP contribution in [-0.2, 0) is 0 Å². The van der Waals surface area contributed by atoms with Crippen LogP contribution in [0.15, 0.2) is 39.5 Å². The van der Waals surface area contributed by atoms with Gasteiger partial charge < -0.3 is 9.73 Å². The van der Waals surface area contributed by atoms with Crippen LogP contribution < -0.4 is 5.32 Å². The molecule has 0 unspecified atom stereocenters. The summed E-state index contributed by atoms with van der Waals surface area (Å²) in [5.74, 6) is 0.0721. The number of nitrogens with zero attached hydrogens (tertiary/aromatic N) is 1. The molecule has 0 aliphatic carbocycles. The number of hydrogen-bond donors (Lipinski definition) is 1. The predicted octanol–water partition coefficient (Wildman–Crippen LogP) is 3.34. The molecule has 0 aliphatic rings. The van der Waals surface area contributed by atoms with Gasteiger partial charge in [-0.2, -0.15) is 0 Å². The van der Waals surface area contributed by atoms with E-state index in [2.05, 4.69) is 26.2 Å². The summed E-state index contributed by atoms with van der Waals surface area (Å²) in [7, 11) is 0. The lowest BCUT2D eigenvalue weighted by atomic mass is 10.3. The smallest absolute Gasteiger partial charge is 0.261 e. The second kappa shape index (κ2) is 4.67. The Kier molecular flexibility index (Phi) is 3.26. The Balaban J connectivity index is 2.21. The summed E-state index contributed by atoms with van der Waals surface area (Å²) in [6.45, 7) is 0. The van der Waals surface area contributed by atoms with E-state index in [1.54, 1.807) is 18.3 Å². The topological polar surface area (TPSA) is 55.1 Å². The Morgan fingerprint density at radius 3 is 2.94 bits per heavy atom. The highest BCUT2D eigenvalue weighted by Crippen LogP contribution is 2.21. The number of halogens is 2. The third kappa shape index (κ3) is 2.25. The van der Waals surface area contributed by atoms with E-state index in [-0.39, 0.29) is 16.7 Å². The fourth-order valence-electron chi connectivity index (χ4n) is 1.11. The maximum Gasteiger partial charge on any atom is 0.261 e. The SMILES string of the molecule is O=C(Nc1ncccc1Br)c1ccoc1Cl. The molecule has 0 radical (unpaired) electrons. The van der Waals surface area contributed by atoms with Gasteiger partial charge in [0.25, 0.3) is 5.91 Å². The fourth-order valence-corrected chi connectivity index (χ4v) is 1.66. The van der Waals surface area contributed by atoms with Gasteiger partial charge in [0.05, 0.1) is 16.3 Å². The van der Waals surface area contributed by atoms with Gasteiger partial charge in [0.1, 0.15) is 5.82 Å². The average molecular weight is 302 g/mol. The molecule has 0 spiro atoms. The lowest BCUT2D eigenvalue weighted by molar-refractivity contribution is 0.102. The van der Waals surface area contributed by atoms with E-state index in [1.807, 2.05) is 0 Å². The van der Waals surface area contributed by atoms with Crippen molar-refractivity contribution >= 4 is 39.3 Å². The zero-order valence-electron chi connectivity index (χ0n) is 7.91. The number of carbonyl (C=O) groups excluding carboxylic acids is 1. The summed E-state index contributed by atoms with van der Waals surface area (Å²) in [6.07, 6.45) is 2.93. The molecule has 0 saturated heterocycles. The first kappa shape index (κ1) is 11.2. The fraction of sp³-hybridized carbons (Fsp3) is 0. The van der Waals surface area contributed by atoms with Gasteiger partial charge in [-0.25, -0.2) is 4.98 Å². The Bertz CT molecular complexity index is 527. The highest BCUT2D eigenvalue weighted by atomic mass is 79.9. The minimum Gasteiger partial charge on any atom is -0.452 e. The third-order valence-electron chi connectivity index (χ3n) is 1.85. The van der Waals surface area contributed by atoms with Crippen molar-refractivity contribution in [2.24, 2.45) is 0 Å². The Morgan fingerprint density at radius 2 is 2.31 bits per heavy atom. The van der Waals surface area contributed by atoms with E-state index in [0.717, 1.165) is 0 Å². The molecule has 2 heterocycles. The Hall–Kier alpha value is -1.33. The summed E-state index contributed by atoms with van der Waals surface area (Å²) >= 11 is 8.95. The van der Waals surface area contributed by atoms with Crippen LogP contribution in [0.5, 0.6) is 0 Å². The van der Waals surface area contributed by atoms with Crippen molar-refractivity contribution in [3.63, 3.8) is 0 Å². The van der Waals surface area contributed by atoms with Crippen molar-refractivity contribution in [1.82, 2.24) is 4.98 Å². The number of anilines is 1. The highest BCUT2D eigenvalue weighted by Gasteiger charge is 2.14. The second-order valence-corrected chi connectivity index (χ2v) is 4.09. The second-order valence-electron chi connectivity index (χ2n) is 2.90. The molecule has 1 amide bonds. The van der Waals surface area contributed by atoms with Gasteiger partial charge in [-0.1, -0.05) is 0 Å². The molecule has 2 aromatic rings. The Morgan fingerprint density at radius 1 is 1.50 bits per heavy atom. The molecule has 0 fully saturated rings. The van der Waals surface area contributed by atoms with E-state index < -0.39 is 0 Å². The van der Waals surface area contributed by atoms with E-state index in [4.69, 9.17) is 16.0 Å². The lowest BCUT2D eigenvalue weighted by Gasteiger charge is -2.04. The van der Waals surface area contributed by atoms with Gasteiger partial charge in [-0.05, 0) is 45.7 Å². The standard InChI is InChI=1S/C10H6BrClN2O2/c11-7-2-1-4-13-9(7)14-10(15)6-3-5-16-8(6)12/h1-5H,(H,13,14,15). The van der Waals surface area contributed by atoms with Crippen molar-refractivity contribution in [2.75, 3.05) is 5.32 Å². The molecular weight excluding hydrogens is 295 g/mol. The van der Waals surface area contributed by atoms with Crippen LogP contribution in [0.25, 0.3) is 0 Å². The van der Waals surface area contributed by atoms with Gasteiger partial charge in [-0.3, -0.25) is 4.79 Å². The van der Waals surface area contributed by atoms with Crippen molar-refractivity contribution < 1.29 is 9.21 Å². The molecule has 6 heteroatoms. The minimum absolute atomic E-state index is 0.0598. The molecular formula is C10H6BrClN2O2. The van der Waals surface area contributed by atoms with Gasteiger partial charge in [-0.15, -0.1) is 0 Å². The van der Waals surface area contributed by atoms with Crippen LogP contribution >= 0.6 is 27.5 Å². The lowest BCUT2D eigenvalue weighted by Crippen LogP contribution is -2.12. The first-order chi connectivity index (χ1) is 7.68. The number of furan rings is 1. The molecule has 1 N–H and O–H groups in total. The number of pyridine rings is 1. The summed E-state index contributed by atoms with van der Waals surface area (Å²) < 4.78 is 5.52. The maximum atomic E-state index is 11.7. The van der Waals surface area contributed by atoms with Crippen molar-refractivity contribution in [3.8, 4) is 0 Å². The molecule has 2 aromatic heterocycles. The molecule has 0 aromatic carbocycles. The molecule has 0 saturated carbocycles. The zero-order valence-corrected chi connectivity index (χ0v) is 10.2. The Labute approximate surface area is 105 Å². The number of aromatic nitrogens is 1.